The summed E-state index contributed by atoms with van der Waals surface area (Å²) in [7, 11) is 0. The molecule has 0 bridgehead atoms. The maximum absolute atomic E-state index is 0. The molecule has 0 aromatic rings. The number of hydrogen-bond donors (Lipinski definition) is 0. The Morgan fingerprint density at radius 3 is 0.200 bits per heavy atom. The van der Waals surface area contributed by atoms with Crippen LogP contribution in [0.25, 0.3) is 0 Å². The van der Waals surface area contributed by atoms with Gasteiger partial charge in [-0.15, -0.1) is 0 Å². The van der Waals surface area contributed by atoms with Gasteiger partial charge in [0.15, 0.2) is 0 Å². The Morgan fingerprint density at radius 2 is 0.200 bits per heavy atom. The molecule has 0 saturated heterocycles. The SMILES string of the molecule is [C].[C].[C].[C].[C]. The molecule has 0 spiro atoms. The average molecular weight is 60.1 g/mol. The van der Waals surface area contributed by atoms with E-state index in [1.807, 2.05) is 0 Å². The van der Waals surface area contributed by atoms with E-state index < -0.39 is 0 Å². The van der Waals surface area contributed by atoms with E-state index in [1.165, 1.54) is 0 Å². The smallest absolute Gasteiger partial charge is 0 e. The van der Waals surface area contributed by atoms with Gasteiger partial charge in [-0.25, -0.2) is 0 Å². The highest BCUT2D eigenvalue weighted by Gasteiger charge is 0.00400. The lowest BCUT2D eigenvalue weighted by molar-refractivity contribution is 3.24. The van der Waals surface area contributed by atoms with Crippen molar-refractivity contribution in [3.05, 3.63) is 37.1 Å². The largest absolute Gasteiger partial charge is 0 e. The Bertz CT molecular complexity index is 0. The summed E-state index contributed by atoms with van der Waals surface area (Å²) < 4.78 is 0. The fourth-order valence-electron chi connectivity index (χ4n) is 0. The first-order valence-electron chi connectivity index (χ1n) is 0. The Kier molecular flexibility index (Phi) is 0. The van der Waals surface area contributed by atoms with Crippen LogP contribution in [0, 0.1) is 37.1 Å². The Labute approximate surface area is 38.2 Å². The van der Waals surface area contributed by atoms with Gasteiger partial charge in [0.25, 0.3) is 0 Å². The number of hydrogen-bond acceptors (Lipinski definition) is 0. The van der Waals surface area contributed by atoms with Gasteiger partial charge in [-0.05, 0) is 0 Å². The highest BCUT2D eigenvalue weighted by Crippen LogP contribution is 0.0853. The zero-order valence-electron chi connectivity index (χ0n) is 2.50. The molecule has 0 nitrogen and oxygen atoms in total. The van der Waals surface area contributed by atoms with Crippen LogP contribution in [0.2, 0.25) is 0 Å². The van der Waals surface area contributed by atoms with Crippen LogP contribution >= 0.6 is 0 Å². The quantitative estimate of drug-likeness (QED) is 0.379. The van der Waals surface area contributed by atoms with Crippen molar-refractivity contribution < 1.29 is 0 Å². The van der Waals surface area contributed by atoms with Gasteiger partial charge in [0.05, 0.1) is 0 Å². The van der Waals surface area contributed by atoms with Crippen molar-refractivity contribution in [3.8, 4) is 0 Å². The minimum atomic E-state index is 0. The zero-order chi connectivity index (χ0) is 0. The molecule has 0 aliphatic rings. The van der Waals surface area contributed by atoms with E-state index in [0.717, 1.165) is 0 Å². The van der Waals surface area contributed by atoms with E-state index in [9.17, 15) is 0 Å². The first kappa shape index (κ1) is 0. The molecule has 0 N–H and O–H groups in total. The molecule has 0 heterocycles. The van der Waals surface area contributed by atoms with Gasteiger partial charge < -0.3 is 0 Å². The van der Waals surface area contributed by atoms with E-state index in [0.29, 0.717) is 0 Å². The van der Waals surface area contributed by atoms with Gasteiger partial charge in [0.2, 0.25) is 0 Å². The van der Waals surface area contributed by atoms with Crippen LogP contribution in [-0.2, 0) is 0 Å². The van der Waals surface area contributed by atoms with Crippen LogP contribution in [0.5, 0.6) is 0 Å². The monoisotopic (exact) mass is 60.0 g/mol. The fraction of sp³-hybridized carbons (Fsp3) is 0. The van der Waals surface area contributed by atoms with Crippen molar-refractivity contribution in [1.29, 1.82) is 0 Å². The molecule has 0 aromatic heterocycles. The van der Waals surface area contributed by atoms with Crippen LogP contribution in [0.4, 0.5) is 0 Å². The minimum absolute atomic E-state index is 0. The van der Waals surface area contributed by atoms with Gasteiger partial charge in [0.1, 0.15) is 0 Å². The van der Waals surface area contributed by atoms with E-state index >= 15 is 0 Å². The highest BCUT2D eigenvalue weighted by molar-refractivity contribution is 3.25. The summed E-state index contributed by atoms with van der Waals surface area (Å²) in [6.07, 6.45) is 0. The minimum Gasteiger partial charge on any atom is 0 e. The molecule has 20 radical (unpaired) electrons. The molecule has 20 valence electrons. The second-order valence-electron chi connectivity index (χ2n) is 0. The lowest BCUT2D eigenvalue weighted by Gasteiger charge is -0.00100. The molecular weight excluding hydrogens is 60.1 g/mol. The third-order valence-electron chi connectivity index (χ3n) is 0. The Balaban J connectivity index is 0. The summed E-state index contributed by atoms with van der Waals surface area (Å²) in [6.45, 7) is 0. The molecule has 0 amide bonds. The van der Waals surface area contributed by atoms with E-state index in [4.69, 9.17) is 0 Å². The second kappa shape index (κ2) is 0. The first-order chi connectivity index (χ1) is 0. The summed E-state index contributed by atoms with van der Waals surface area (Å²) in [5.41, 5.74) is 0. The molecule has 0 unspecified atom stereocenters. The predicted molar refractivity (Wildman–Crippen MR) is 16.2 cm³/mol. The van der Waals surface area contributed by atoms with Gasteiger partial charge in [-0.2, -0.15) is 0 Å². The van der Waals surface area contributed by atoms with Crippen LogP contribution in [0.15, 0.2) is 0 Å². The maximum atomic E-state index is 0. The van der Waals surface area contributed by atoms with Gasteiger partial charge >= 0.3 is 0 Å². The van der Waals surface area contributed by atoms with Crippen LogP contribution in [-0.4, -0.2) is 0 Å². The normalized spacial score (nSPS) is 0. The van der Waals surface area contributed by atoms with Crippen molar-refractivity contribution in [2.24, 2.45) is 0 Å². The zero-order valence-corrected chi connectivity index (χ0v) is 2.50. The highest BCUT2D eigenvalue weighted by atomic mass is 12.0. The first-order valence-corrected chi connectivity index (χ1v) is 0. The molecule has 0 aliphatic heterocycles. The van der Waals surface area contributed by atoms with E-state index in [1.54, 1.807) is 0 Å². The number of rotatable bonds is 0. The summed E-state index contributed by atoms with van der Waals surface area (Å²) in [5, 5.41) is 0. The van der Waals surface area contributed by atoms with Crippen molar-refractivity contribution in [3.63, 3.8) is 0 Å². The van der Waals surface area contributed by atoms with Crippen molar-refractivity contribution in [2.45, 2.75) is 0 Å². The van der Waals surface area contributed by atoms with Crippen LogP contribution in [0.1, 0.15) is 0 Å². The van der Waals surface area contributed by atoms with Gasteiger partial charge in [-0.3, -0.25) is 0 Å². The van der Waals surface area contributed by atoms with Gasteiger partial charge in [-0.1, -0.05) is 0 Å². The summed E-state index contributed by atoms with van der Waals surface area (Å²) in [4.78, 5) is 0. The van der Waals surface area contributed by atoms with Crippen molar-refractivity contribution in [2.75, 3.05) is 0 Å². The lowest BCUT2D eigenvalue weighted by Crippen LogP contribution is 0.0803. The molecular formula is C5. The van der Waals surface area contributed by atoms with Crippen molar-refractivity contribution >= 4 is 0 Å². The fourth-order valence-corrected chi connectivity index (χ4v) is 0. The summed E-state index contributed by atoms with van der Waals surface area (Å²) in [5.74, 6) is 0. The Morgan fingerprint density at radius 1 is 0.200 bits per heavy atom. The predicted octanol–water partition coefficient (Wildman–Crippen LogP) is 0.406. The maximum Gasteiger partial charge on any atom is 0 e. The third-order valence-corrected chi connectivity index (χ3v) is 0. The molecule has 0 rings (SSSR count). The van der Waals surface area contributed by atoms with E-state index in [-0.39, 0.29) is 37.1 Å². The molecule has 0 heteroatoms. The molecule has 0 fully saturated rings. The molecule has 0 saturated carbocycles. The molecule has 5 heavy (non-hydrogen) atoms. The lowest BCUT2D eigenvalue weighted by atomic mass is 12.0. The van der Waals surface area contributed by atoms with Gasteiger partial charge in [0, 0.05) is 37.1 Å². The van der Waals surface area contributed by atoms with Crippen molar-refractivity contribution in [1.82, 2.24) is 0 Å². The van der Waals surface area contributed by atoms with Crippen LogP contribution < -0.4 is 0 Å². The molecule has 0 atom stereocenters. The van der Waals surface area contributed by atoms with Crippen LogP contribution in [0.3, 0.4) is 0 Å². The Hall–Kier alpha value is 0. The third kappa shape index (κ3) is 0. The van der Waals surface area contributed by atoms with E-state index in [2.05, 4.69) is 0 Å². The second-order valence-corrected chi connectivity index (χ2v) is 0. The summed E-state index contributed by atoms with van der Waals surface area (Å²) in [6, 6.07) is 0. The summed E-state index contributed by atoms with van der Waals surface area (Å²) >= 11 is 0. The topological polar surface area (TPSA) is 0 Å². The standard InChI is InChI=1S/5C. The molecule has 0 aliphatic carbocycles. The molecule has 0 aromatic carbocycles. The average Bonchev–Trinajstić information content (AvgIpc) is 0.